The fraction of sp³-hybridized carbons (Fsp3) is 0.579. The van der Waals surface area contributed by atoms with Gasteiger partial charge in [0.05, 0.1) is 18.0 Å². The summed E-state index contributed by atoms with van der Waals surface area (Å²) in [5.41, 5.74) is 2.08. The molecule has 0 radical (unpaired) electrons. The van der Waals surface area contributed by atoms with Crippen molar-refractivity contribution in [2.75, 3.05) is 13.1 Å². The van der Waals surface area contributed by atoms with Crippen molar-refractivity contribution in [3.8, 4) is 0 Å². The molecule has 1 aromatic rings. The Morgan fingerprint density at radius 1 is 1.29 bits per heavy atom. The number of carbonyl (C=O) groups excluding carboxylic acids is 1. The number of piperidine rings is 1. The van der Waals surface area contributed by atoms with Gasteiger partial charge in [-0.25, -0.2) is 4.79 Å². The third-order valence-corrected chi connectivity index (χ3v) is 3.41. The molecule has 1 aliphatic heterocycles. The highest BCUT2D eigenvalue weighted by molar-refractivity contribution is 5.68. The first-order valence-corrected chi connectivity index (χ1v) is 8.43. The molecule has 0 atom stereocenters. The Bertz CT molecular complexity index is 544. The van der Waals surface area contributed by atoms with Crippen molar-refractivity contribution in [2.45, 2.75) is 59.2 Å². The van der Waals surface area contributed by atoms with E-state index >= 15 is 0 Å². The summed E-state index contributed by atoms with van der Waals surface area (Å²) in [5, 5.41) is 8.75. The van der Waals surface area contributed by atoms with Crippen LogP contribution >= 0.6 is 0 Å². The van der Waals surface area contributed by atoms with Gasteiger partial charge in [-0.3, -0.25) is 4.98 Å². The fourth-order valence-electron chi connectivity index (χ4n) is 2.21. The quantitative estimate of drug-likeness (QED) is 0.887. The maximum atomic E-state index is 11.5. The van der Waals surface area contributed by atoms with Crippen molar-refractivity contribution < 1.29 is 14.6 Å². The van der Waals surface area contributed by atoms with Crippen LogP contribution in [0.3, 0.4) is 0 Å². The SMILES string of the molecule is C=C(C)c1cccc(CO)n1.CC(C)(C)OC(=O)N1CCCCC1. The van der Waals surface area contributed by atoms with Crippen molar-refractivity contribution in [1.29, 1.82) is 0 Å². The lowest BCUT2D eigenvalue weighted by atomic mass is 10.1. The van der Waals surface area contributed by atoms with E-state index in [2.05, 4.69) is 11.6 Å². The maximum Gasteiger partial charge on any atom is 0.410 e. The van der Waals surface area contributed by atoms with Crippen LogP contribution in [0.25, 0.3) is 5.57 Å². The van der Waals surface area contributed by atoms with Crippen molar-refractivity contribution in [1.82, 2.24) is 9.88 Å². The predicted octanol–water partition coefficient (Wildman–Crippen LogP) is 4.01. The Labute approximate surface area is 145 Å². The maximum absolute atomic E-state index is 11.5. The summed E-state index contributed by atoms with van der Waals surface area (Å²) in [4.78, 5) is 17.5. The summed E-state index contributed by atoms with van der Waals surface area (Å²) in [6, 6.07) is 5.52. The summed E-state index contributed by atoms with van der Waals surface area (Å²) in [6.07, 6.45) is 3.30. The Balaban J connectivity index is 0.000000243. The second-order valence-corrected chi connectivity index (χ2v) is 6.98. The Morgan fingerprint density at radius 2 is 1.92 bits per heavy atom. The van der Waals surface area contributed by atoms with Gasteiger partial charge >= 0.3 is 6.09 Å². The zero-order valence-corrected chi connectivity index (χ0v) is 15.3. The number of aliphatic hydroxyl groups excluding tert-OH is 1. The first-order chi connectivity index (χ1) is 11.2. The predicted molar refractivity (Wildman–Crippen MR) is 96.5 cm³/mol. The lowest BCUT2D eigenvalue weighted by Crippen LogP contribution is -2.39. The Morgan fingerprint density at radius 3 is 2.42 bits per heavy atom. The average molecular weight is 334 g/mol. The van der Waals surface area contributed by atoms with Crippen LogP contribution in [0.5, 0.6) is 0 Å². The largest absolute Gasteiger partial charge is 0.444 e. The third kappa shape index (κ3) is 7.59. The van der Waals surface area contributed by atoms with Crippen LogP contribution in [0.15, 0.2) is 24.8 Å². The van der Waals surface area contributed by atoms with Gasteiger partial charge in [0.15, 0.2) is 0 Å². The van der Waals surface area contributed by atoms with Gasteiger partial charge in [-0.2, -0.15) is 0 Å². The standard InChI is InChI=1S/C10H19NO2.C9H11NO/c1-10(2,3)13-9(12)11-7-5-4-6-8-11;1-7(2)9-5-3-4-8(6-11)10-9/h4-8H2,1-3H3;3-5,11H,1,6H2,2H3. The minimum Gasteiger partial charge on any atom is -0.444 e. The van der Waals surface area contributed by atoms with Crippen LogP contribution in [0.2, 0.25) is 0 Å². The zero-order chi connectivity index (χ0) is 18.2. The number of nitrogens with zero attached hydrogens (tertiary/aromatic N) is 2. The van der Waals surface area contributed by atoms with E-state index in [0.29, 0.717) is 5.69 Å². The summed E-state index contributed by atoms with van der Waals surface area (Å²) < 4.78 is 5.26. The Kier molecular flexibility index (Phi) is 7.92. The lowest BCUT2D eigenvalue weighted by molar-refractivity contribution is 0.0216. The van der Waals surface area contributed by atoms with Gasteiger partial charge in [0, 0.05) is 13.1 Å². The van der Waals surface area contributed by atoms with Gasteiger partial charge in [0.1, 0.15) is 5.60 Å². The zero-order valence-electron chi connectivity index (χ0n) is 15.3. The molecule has 1 aromatic heterocycles. The molecule has 0 unspecified atom stereocenters. The number of hydrogen-bond acceptors (Lipinski definition) is 4. The molecule has 134 valence electrons. The number of allylic oxidation sites excluding steroid dienone is 1. The smallest absolute Gasteiger partial charge is 0.410 e. The molecule has 0 aliphatic carbocycles. The first-order valence-electron chi connectivity index (χ1n) is 8.43. The second kappa shape index (κ2) is 9.42. The molecule has 1 aliphatic rings. The number of rotatable bonds is 2. The molecule has 5 nitrogen and oxygen atoms in total. The minimum atomic E-state index is -0.367. The van der Waals surface area contributed by atoms with E-state index in [1.54, 1.807) is 11.0 Å². The topological polar surface area (TPSA) is 62.7 Å². The molecule has 0 bridgehead atoms. The number of likely N-dealkylation sites (tertiary alicyclic amines) is 1. The van der Waals surface area contributed by atoms with Crippen molar-refractivity contribution in [3.05, 3.63) is 36.2 Å². The molecule has 0 spiro atoms. The van der Waals surface area contributed by atoms with E-state index < -0.39 is 0 Å². The van der Waals surface area contributed by atoms with E-state index in [0.717, 1.165) is 37.2 Å². The minimum absolute atomic E-state index is 0.0128. The molecule has 1 fully saturated rings. The molecular formula is C19H30N2O3. The highest BCUT2D eigenvalue weighted by Gasteiger charge is 2.22. The third-order valence-electron chi connectivity index (χ3n) is 3.41. The summed E-state index contributed by atoms with van der Waals surface area (Å²) >= 11 is 0. The van der Waals surface area contributed by atoms with Gasteiger partial charge in [-0.1, -0.05) is 12.6 Å². The molecule has 1 amide bonds. The van der Waals surface area contributed by atoms with Gasteiger partial charge < -0.3 is 14.7 Å². The first kappa shape index (κ1) is 20.2. The van der Waals surface area contributed by atoms with E-state index in [4.69, 9.17) is 9.84 Å². The van der Waals surface area contributed by atoms with E-state index in [-0.39, 0.29) is 18.3 Å². The van der Waals surface area contributed by atoms with E-state index in [9.17, 15) is 4.79 Å². The molecule has 2 heterocycles. The molecule has 24 heavy (non-hydrogen) atoms. The fourth-order valence-corrected chi connectivity index (χ4v) is 2.21. The molecular weight excluding hydrogens is 304 g/mol. The number of ether oxygens (including phenoxy) is 1. The number of aliphatic hydroxyl groups is 1. The molecule has 2 rings (SSSR count). The summed E-state index contributed by atoms with van der Waals surface area (Å²) in [7, 11) is 0. The number of amides is 1. The highest BCUT2D eigenvalue weighted by Crippen LogP contribution is 2.14. The monoisotopic (exact) mass is 334 g/mol. The number of pyridine rings is 1. The van der Waals surface area contributed by atoms with Crippen LogP contribution in [0.1, 0.15) is 58.3 Å². The molecule has 0 aromatic carbocycles. The number of aromatic nitrogens is 1. The summed E-state index contributed by atoms with van der Waals surface area (Å²) in [6.45, 7) is 13.0. The second-order valence-electron chi connectivity index (χ2n) is 6.98. The molecule has 1 saturated heterocycles. The summed E-state index contributed by atoms with van der Waals surface area (Å²) in [5.74, 6) is 0. The van der Waals surface area contributed by atoms with Gasteiger partial charge in [0.2, 0.25) is 0 Å². The van der Waals surface area contributed by atoms with Crippen LogP contribution in [0.4, 0.5) is 4.79 Å². The van der Waals surface area contributed by atoms with Gasteiger partial charge in [0.25, 0.3) is 0 Å². The Hall–Kier alpha value is -1.88. The average Bonchev–Trinajstić information content (AvgIpc) is 2.55. The van der Waals surface area contributed by atoms with Crippen LogP contribution in [0, 0.1) is 0 Å². The normalized spacial score (nSPS) is 14.5. The van der Waals surface area contributed by atoms with Crippen LogP contribution in [-0.2, 0) is 11.3 Å². The highest BCUT2D eigenvalue weighted by atomic mass is 16.6. The van der Waals surface area contributed by atoms with Crippen LogP contribution < -0.4 is 0 Å². The lowest BCUT2D eigenvalue weighted by Gasteiger charge is -2.29. The number of hydrogen-bond donors (Lipinski definition) is 1. The molecule has 5 heteroatoms. The van der Waals surface area contributed by atoms with Crippen molar-refractivity contribution in [2.24, 2.45) is 0 Å². The molecule has 1 N–H and O–H groups in total. The molecule has 0 saturated carbocycles. The van der Waals surface area contributed by atoms with E-state index in [1.165, 1.54) is 6.42 Å². The number of carbonyl (C=O) groups is 1. The van der Waals surface area contributed by atoms with Crippen molar-refractivity contribution in [3.63, 3.8) is 0 Å². The van der Waals surface area contributed by atoms with Gasteiger partial charge in [-0.05, 0) is 64.7 Å². The van der Waals surface area contributed by atoms with Crippen molar-refractivity contribution >= 4 is 11.7 Å². The van der Waals surface area contributed by atoms with Crippen LogP contribution in [-0.4, -0.2) is 39.8 Å². The van der Waals surface area contributed by atoms with E-state index in [1.807, 2.05) is 39.8 Å². The van der Waals surface area contributed by atoms with Gasteiger partial charge in [-0.15, -0.1) is 0 Å².